The second-order valence-electron chi connectivity index (χ2n) is 3.63. The van der Waals surface area contributed by atoms with Crippen molar-refractivity contribution in [3.8, 4) is 0 Å². The topological polar surface area (TPSA) is 31.2 Å². The second kappa shape index (κ2) is 4.70. The predicted octanol–water partition coefficient (Wildman–Crippen LogP) is 3.77. The molecule has 2 rings (SSSR count). The number of halogens is 2. The molecule has 0 aliphatic carbocycles. The number of aromatic nitrogens is 1. The molecule has 0 unspecified atom stereocenters. The summed E-state index contributed by atoms with van der Waals surface area (Å²) in [6.45, 7) is 2.15. The molecule has 0 fully saturated rings. The number of esters is 1. The van der Waals surface area contributed by atoms with Gasteiger partial charge in [-0.25, -0.2) is 4.79 Å². The molecule has 0 N–H and O–H groups in total. The zero-order chi connectivity index (χ0) is 12.6. The SMILES string of the molecule is CCOC(=O)c1cc2cc(Br)c(Cl)cc2n1C. The fraction of sp³-hybridized carbons (Fsp3) is 0.250. The average molecular weight is 317 g/mol. The maximum Gasteiger partial charge on any atom is 0.354 e. The summed E-state index contributed by atoms with van der Waals surface area (Å²) in [5.41, 5.74) is 1.43. The molecule has 0 saturated carbocycles. The molecule has 0 bridgehead atoms. The van der Waals surface area contributed by atoms with Gasteiger partial charge < -0.3 is 9.30 Å². The molecule has 1 heterocycles. The van der Waals surface area contributed by atoms with Crippen LogP contribution in [0.15, 0.2) is 22.7 Å². The number of aryl methyl sites for hydroxylation is 1. The highest BCUT2D eigenvalue weighted by Crippen LogP contribution is 2.30. The fourth-order valence-corrected chi connectivity index (χ4v) is 2.25. The first-order valence-corrected chi connectivity index (χ1v) is 6.33. The van der Waals surface area contributed by atoms with Crippen LogP contribution in [0, 0.1) is 0 Å². The van der Waals surface area contributed by atoms with Crippen LogP contribution >= 0.6 is 27.5 Å². The van der Waals surface area contributed by atoms with Crippen LogP contribution in [0.3, 0.4) is 0 Å². The summed E-state index contributed by atoms with van der Waals surface area (Å²) < 4.78 is 7.59. The number of ether oxygens (including phenoxy) is 1. The molecule has 17 heavy (non-hydrogen) atoms. The van der Waals surface area contributed by atoms with Crippen molar-refractivity contribution in [2.24, 2.45) is 7.05 Å². The van der Waals surface area contributed by atoms with Crippen molar-refractivity contribution in [2.75, 3.05) is 6.61 Å². The Morgan fingerprint density at radius 3 is 2.82 bits per heavy atom. The van der Waals surface area contributed by atoms with Gasteiger partial charge in [0, 0.05) is 22.4 Å². The van der Waals surface area contributed by atoms with Gasteiger partial charge >= 0.3 is 5.97 Å². The van der Waals surface area contributed by atoms with Crippen LogP contribution in [0.2, 0.25) is 5.02 Å². The van der Waals surface area contributed by atoms with Gasteiger partial charge in [-0.1, -0.05) is 11.6 Å². The smallest absolute Gasteiger partial charge is 0.354 e. The van der Waals surface area contributed by atoms with Crippen molar-refractivity contribution in [2.45, 2.75) is 6.92 Å². The number of rotatable bonds is 2. The monoisotopic (exact) mass is 315 g/mol. The minimum Gasteiger partial charge on any atom is -0.461 e. The van der Waals surface area contributed by atoms with Crippen LogP contribution in [0.5, 0.6) is 0 Å². The van der Waals surface area contributed by atoms with Crippen LogP contribution in [0.1, 0.15) is 17.4 Å². The van der Waals surface area contributed by atoms with E-state index in [1.54, 1.807) is 17.6 Å². The third-order valence-electron chi connectivity index (χ3n) is 2.57. The lowest BCUT2D eigenvalue weighted by Crippen LogP contribution is -2.09. The fourth-order valence-electron chi connectivity index (χ4n) is 1.73. The number of benzene rings is 1. The average Bonchev–Trinajstić information content (AvgIpc) is 2.58. The summed E-state index contributed by atoms with van der Waals surface area (Å²) in [5.74, 6) is -0.321. The van der Waals surface area contributed by atoms with Crippen molar-refractivity contribution in [1.29, 1.82) is 0 Å². The Morgan fingerprint density at radius 1 is 1.47 bits per heavy atom. The third kappa shape index (κ3) is 2.19. The molecule has 0 atom stereocenters. The highest BCUT2D eigenvalue weighted by molar-refractivity contribution is 9.10. The molecule has 1 aromatic heterocycles. The Bertz CT molecular complexity index is 592. The Kier molecular flexibility index (Phi) is 3.45. The summed E-state index contributed by atoms with van der Waals surface area (Å²) in [5, 5.41) is 1.57. The first-order valence-electron chi connectivity index (χ1n) is 5.16. The van der Waals surface area contributed by atoms with Gasteiger partial charge in [0.1, 0.15) is 5.69 Å². The van der Waals surface area contributed by atoms with Gasteiger partial charge in [0.05, 0.1) is 11.6 Å². The maximum absolute atomic E-state index is 11.7. The molecule has 1 aromatic carbocycles. The van der Waals surface area contributed by atoms with Crippen molar-refractivity contribution in [1.82, 2.24) is 4.57 Å². The van der Waals surface area contributed by atoms with E-state index in [2.05, 4.69) is 15.9 Å². The number of hydrogen-bond acceptors (Lipinski definition) is 2. The molecule has 0 radical (unpaired) electrons. The molecule has 0 aliphatic heterocycles. The van der Waals surface area contributed by atoms with E-state index in [4.69, 9.17) is 16.3 Å². The van der Waals surface area contributed by atoms with Gasteiger partial charge in [0.15, 0.2) is 0 Å². The Balaban J connectivity index is 2.60. The lowest BCUT2D eigenvalue weighted by Gasteiger charge is -2.03. The number of carbonyl (C=O) groups excluding carboxylic acids is 1. The predicted molar refractivity (Wildman–Crippen MR) is 71.6 cm³/mol. The normalized spacial score (nSPS) is 10.8. The van der Waals surface area contributed by atoms with E-state index >= 15 is 0 Å². The molecule has 3 nitrogen and oxygen atoms in total. The van der Waals surface area contributed by atoms with Gasteiger partial charge in [0.2, 0.25) is 0 Å². The lowest BCUT2D eigenvalue weighted by atomic mass is 10.2. The van der Waals surface area contributed by atoms with E-state index in [0.717, 1.165) is 15.4 Å². The highest BCUT2D eigenvalue weighted by atomic mass is 79.9. The molecule has 5 heteroatoms. The standard InChI is InChI=1S/C12H11BrClNO2/c1-3-17-12(16)11-5-7-4-8(13)9(14)6-10(7)15(11)2/h4-6H,3H2,1-2H3. The van der Waals surface area contributed by atoms with Gasteiger partial charge in [-0.3, -0.25) is 0 Å². The van der Waals surface area contributed by atoms with E-state index < -0.39 is 0 Å². The minimum atomic E-state index is -0.321. The quantitative estimate of drug-likeness (QED) is 0.790. The van der Waals surface area contributed by atoms with Gasteiger partial charge in [0.25, 0.3) is 0 Å². The maximum atomic E-state index is 11.7. The largest absolute Gasteiger partial charge is 0.461 e. The first-order chi connectivity index (χ1) is 8.04. The number of fused-ring (bicyclic) bond motifs is 1. The van der Waals surface area contributed by atoms with Crippen LogP contribution in [-0.4, -0.2) is 17.1 Å². The van der Waals surface area contributed by atoms with Crippen LogP contribution < -0.4 is 0 Å². The van der Waals surface area contributed by atoms with Crippen molar-refractivity contribution in [3.05, 3.63) is 33.4 Å². The van der Waals surface area contributed by atoms with E-state index in [1.807, 2.05) is 19.2 Å². The summed E-state index contributed by atoms with van der Waals surface area (Å²) in [6.07, 6.45) is 0. The van der Waals surface area contributed by atoms with E-state index in [1.165, 1.54) is 0 Å². The van der Waals surface area contributed by atoms with Crippen molar-refractivity contribution >= 4 is 44.4 Å². The molecule has 90 valence electrons. The highest BCUT2D eigenvalue weighted by Gasteiger charge is 2.15. The van der Waals surface area contributed by atoms with Crippen LogP contribution in [0.4, 0.5) is 0 Å². The van der Waals surface area contributed by atoms with Gasteiger partial charge in [-0.15, -0.1) is 0 Å². The number of hydrogen-bond donors (Lipinski definition) is 0. The molecule has 0 aliphatic rings. The zero-order valence-electron chi connectivity index (χ0n) is 9.46. The Hall–Kier alpha value is -1.00. The van der Waals surface area contributed by atoms with E-state index in [-0.39, 0.29) is 5.97 Å². The van der Waals surface area contributed by atoms with E-state index in [0.29, 0.717) is 17.3 Å². The lowest BCUT2D eigenvalue weighted by molar-refractivity contribution is 0.0516. The molecule has 0 saturated heterocycles. The molecule has 2 aromatic rings. The number of carbonyl (C=O) groups is 1. The van der Waals surface area contributed by atoms with E-state index in [9.17, 15) is 4.79 Å². The summed E-state index contributed by atoms with van der Waals surface area (Å²) in [6, 6.07) is 5.51. The minimum absolute atomic E-state index is 0.321. The summed E-state index contributed by atoms with van der Waals surface area (Å²) in [4.78, 5) is 11.7. The third-order valence-corrected chi connectivity index (χ3v) is 3.77. The number of nitrogens with zero attached hydrogens (tertiary/aromatic N) is 1. The molecular weight excluding hydrogens is 305 g/mol. The second-order valence-corrected chi connectivity index (χ2v) is 4.90. The first kappa shape index (κ1) is 12.5. The summed E-state index contributed by atoms with van der Waals surface area (Å²) >= 11 is 9.39. The van der Waals surface area contributed by atoms with Crippen molar-refractivity contribution < 1.29 is 9.53 Å². The molecule has 0 amide bonds. The van der Waals surface area contributed by atoms with Gasteiger partial charge in [-0.2, -0.15) is 0 Å². The van der Waals surface area contributed by atoms with Crippen LogP contribution in [0.25, 0.3) is 10.9 Å². The molecular formula is C12H11BrClNO2. The zero-order valence-corrected chi connectivity index (χ0v) is 11.8. The van der Waals surface area contributed by atoms with Crippen molar-refractivity contribution in [3.63, 3.8) is 0 Å². The molecule has 0 spiro atoms. The summed E-state index contributed by atoms with van der Waals surface area (Å²) in [7, 11) is 1.82. The Labute approximate surface area is 112 Å². The van der Waals surface area contributed by atoms with Crippen LogP contribution in [-0.2, 0) is 11.8 Å². The Morgan fingerprint density at radius 2 is 2.18 bits per heavy atom. The van der Waals surface area contributed by atoms with Gasteiger partial charge in [-0.05, 0) is 41.1 Å².